The molecule has 1 aromatic carbocycles. The van der Waals surface area contributed by atoms with E-state index in [0.717, 1.165) is 0 Å². The molecule has 0 radical (unpaired) electrons. The van der Waals surface area contributed by atoms with E-state index >= 15 is 0 Å². The summed E-state index contributed by atoms with van der Waals surface area (Å²) in [6, 6.07) is 6.76. The van der Waals surface area contributed by atoms with Gasteiger partial charge in [-0.2, -0.15) is 0 Å². The summed E-state index contributed by atoms with van der Waals surface area (Å²) in [5.74, 6) is 2.72. The van der Waals surface area contributed by atoms with Gasteiger partial charge < -0.3 is 15.8 Å². The number of terminal acetylenes is 1. The van der Waals surface area contributed by atoms with Crippen LogP contribution in [0.25, 0.3) is 0 Å². The molecule has 0 fully saturated rings. The lowest BCUT2D eigenvalue weighted by Crippen LogP contribution is -2.36. The van der Waals surface area contributed by atoms with Crippen molar-refractivity contribution in [2.45, 2.75) is 19.4 Å². The topological polar surface area (TPSA) is 64.3 Å². The molecule has 1 atom stereocenters. The van der Waals surface area contributed by atoms with Crippen molar-refractivity contribution in [3.63, 3.8) is 0 Å². The fraction of sp³-hybridized carbons (Fsp3) is 0.308. The summed E-state index contributed by atoms with van der Waals surface area (Å²) in [6.45, 7) is 1.81. The quantitative estimate of drug-likeness (QED) is 0.591. The second-order valence-corrected chi connectivity index (χ2v) is 3.52. The van der Waals surface area contributed by atoms with E-state index in [0.29, 0.717) is 17.9 Å². The summed E-state index contributed by atoms with van der Waals surface area (Å²) in [6.07, 6.45) is 5.93. The standard InChI is InChI=1S/C13H16N2O2/c1-3-10(4-2)15-13(16)9-17-12-8-6-5-7-11(12)14/h1,5-8,10H,4,9,14H2,2H3,(H,15,16). The molecular formula is C13H16N2O2. The number of nitrogens with one attached hydrogen (secondary N) is 1. The first-order chi connectivity index (χ1) is 8.17. The van der Waals surface area contributed by atoms with Crippen LogP contribution in [0.4, 0.5) is 5.69 Å². The molecule has 1 aromatic rings. The lowest BCUT2D eigenvalue weighted by Gasteiger charge is -2.12. The summed E-state index contributed by atoms with van der Waals surface area (Å²) in [5.41, 5.74) is 6.18. The highest BCUT2D eigenvalue weighted by atomic mass is 16.5. The monoisotopic (exact) mass is 232 g/mol. The van der Waals surface area contributed by atoms with Crippen LogP contribution >= 0.6 is 0 Å². The fourth-order valence-electron chi connectivity index (χ4n) is 1.25. The summed E-state index contributed by atoms with van der Waals surface area (Å²) < 4.78 is 5.28. The Bertz CT molecular complexity index is 424. The van der Waals surface area contributed by atoms with Crippen molar-refractivity contribution in [3.05, 3.63) is 24.3 Å². The zero-order valence-electron chi connectivity index (χ0n) is 9.77. The van der Waals surface area contributed by atoms with E-state index in [1.807, 2.05) is 6.92 Å². The maximum Gasteiger partial charge on any atom is 0.258 e. The van der Waals surface area contributed by atoms with Crippen LogP contribution in [0.5, 0.6) is 5.75 Å². The largest absolute Gasteiger partial charge is 0.482 e. The van der Waals surface area contributed by atoms with Crippen LogP contribution in [0.2, 0.25) is 0 Å². The number of anilines is 1. The number of carbonyl (C=O) groups excluding carboxylic acids is 1. The third-order valence-corrected chi connectivity index (χ3v) is 2.22. The number of amides is 1. The minimum absolute atomic E-state index is 0.0909. The zero-order chi connectivity index (χ0) is 12.7. The van der Waals surface area contributed by atoms with Crippen LogP contribution in [0.1, 0.15) is 13.3 Å². The van der Waals surface area contributed by atoms with Crippen molar-refractivity contribution >= 4 is 11.6 Å². The zero-order valence-corrected chi connectivity index (χ0v) is 9.77. The molecule has 0 spiro atoms. The maximum absolute atomic E-state index is 11.5. The number of hydrogen-bond acceptors (Lipinski definition) is 3. The molecule has 0 aliphatic carbocycles. The summed E-state index contributed by atoms with van der Waals surface area (Å²) >= 11 is 0. The molecule has 90 valence electrons. The van der Waals surface area contributed by atoms with E-state index in [1.54, 1.807) is 24.3 Å². The highest BCUT2D eigenvalue weighted by Crippen LogP contribution is 2.19. The summed E-state index contributed by atoms with van der Waals surface area (Å²) in [7, 11) is 0. The van der Waals surface area contributed by atoms with Crippen LogP contribution < -0.4 is 15.8 Å². The van der Waals surface area contributed by atoms with Gasteiger partial charge in [-0.05, 0) is 18.6 Å². The van der Waals surface area contributed by atoms with Gasteiger partial charge in [0.1, 0.15) is 5.75 Å². The van der Waals surface area contributed by atoms with Crippen molar-refractivity contribution in [3.8, 4) is 18.1 Å². The number of rotatable bonds is 5. The summed E-state index contributed by atoms with van der Waals surface area (Å²) in [4.78, 5) is 11.5. The minimum Gasteiger partial charge on any atom is -0.482 e. The molecule has 4 nitrogen and oxygen atoms in total. The van der Waals surface area contributed by atoms with Gasteiger partial charge in [0.2, 0.25) is 0 Å². The molecule has 1 amide bonds. The van der Waals surface area contributed by atoms with Crippen molar-refractivity contribution in [1.82, 2.24) is 5.32 Å². The number of nitrogens with two attached hydrogens (primary N) is 1. The van der Waals surface area contributed by atoms with E-state index in [1.165, 1.54) is 0 Å². The van der Waals surface area contributed by atoms with Gasteiger partial charge >= 0.3 is 0 Å². The van der Waals surface area contributed by atoms with Gasteiger partial charge in [-0.3, -0.25) is 4.79 Å². The molecule has 0 aromatic heterocycles. The molecule has 1 rings (SSSR count). The molecule has 3 N–H and O–H groups in total. The van der Waals surface area contributed by atoms with Crippen LogP contribution in [0.15, 0.2) is 24.3 Å². The number of nitrogen functional groups attached to an aromatic ring is 1. The molecule has 1 unspecified atom stereocenters. The Morgan fingerprint density at radius 3 is 2.88 bits per heavy atom. The maximum atomic E-state index is 11.5. The number of ether oxygens (including phenoxy) is 1. The first-order valence-corrected chi connectivity index (χ1v) is 5.40. The van der Waals surface area contributed by atoms with Gasteiger partial charge in [-0.25, -0.2) is 0 Å². The predicted molar refractivity (Wildman–Crippen MR) is 67.4 cm³/mol. The van der Waals surface area contributed by atoms with Gasteiger partial charge in [-0.15, -0.1) is 6.42 Å². The lowest BCUT2D eigenvalue weighted by molar-refractivity contribution is -0.123. The Labute approximate surface area is 101 Å². The van der Waals surface area contributed by atoms with Gasteiger partial charge in [0.25, 0.3) is 5.91 Å². The fourth-order valence-corrected chi connectivity index (χ4v) is 1.25. The lowest BCUT2D eigenvalue weighted by atomic mass is 10.2. The predicted octanol–water partition coefficient (Wildman–Crippen LogP) is 1.18. The Morgan fingerprint density at radius 2 is 2.29 bits per heavy atom. The molecule has 0 heterocycles. The average Bonchev–Trinajstić information content (AvgIpc) is 2.35. The van der Waals surface area contributed by atoms with Gasteiger partial charge in [0.15, 0.2) is 6.61 Å². The second kappa shape index (κ2) is 6.44. The van der Waals surface area contributed by atoms with Crippen molar-refractivity contribution in [2.75, 3.05) is 12.3 Å². The first kappa shape index (κ1) is 12.9. The molecular weight excluding hydrogens is 216 g/mol. The van der Waals surface area contributed by atoms with Crippen LogP contribution in [-0.4, -0.2) is 18.6 Å². The smallest absolute Gasteiger partial charge is 0.258 e. The third kappa shape index (κ3) is 4.07. The number of para-hydroxylation sites is 2. The van der Waals surface area contributed by atoms with Crippen molar-refractivity contribution in [2.24, 2.45) is 0 Å². The Balaban J connectivity index is 2.44. The van der Waals surface area contributed by atoms with Crippen LogP contribution in [0, 0.1) is 12.3 Å². The van der Waals surface area contributed by atoms with Crippen LogP contribution in [-0.2, 0) is 4.79 Å². The van der Waals surface area contributed by atoms with E-state index in [-0.39, 0.29) is 18.6 Å². The first-order valence-electron chi connectivity index (χ1n) is 5.40. The summed E-state index contributed by atoms with van der Waals surface area (Å²) in [5, 5.41) is 2.67. The number of carbonyl (C=O) groups is 1. The van der Waals surface area contributed by atoms with Crippen molar-refractivity contribution < 1.29 is 9.53 Å². The van der Waals surface area contributed by atoms with E-state index in [2.05, 4.69) is 11.2 Å². The van der Waals surface area contributed by atoms with Crippen LogP contribution in [0.3, 0.4) is 0 Å². The Kier molecular flexibility index (Phi) is 4.89. The molecule has 4 heteroatoms. The molecule has 0 aliphatic heterocycles. The number of benzene rings is 1. The van der Waals surface area contributed by atoms with E-state index < -0.39 is 0 Å². The average molecular weight is 232 g/mol. The van der Waals surface area contributed by atoms with Crippen molar-refractivity contribution in [1.29, 1.82) is 0 Å². The minimum atomic E-state index is -0.252. The molecule has 17 heavy (non-hydrogen) atoms. The molecule has 0 aliphatic rings. The highest BCUT2D eigenvalue weighted by molar-refractivity contribution is 5.78. The van der Waals surface area contributed by atoms with E-state index in [9.17, 15) is 4.79 Å². The highest BCUT2D eigenvalue weighted by Gasteiger charge is 2.08. The molecule has 0 bridgehead atoms. The van der Waals surface area contributed by atoms with Gasteiger partial charge in [0.05, 0.1) is 11.7 Å². The Morgan fingerprint density at radius 1 is 1.59 bits per heavy atom. The number of hydrogen-bond donors (Lipinski definition) is 2. The van der Waals surface area contributed by atoms with Gasteiger partial charge in [0, 0.05) is 0 Å². The normalized spacial score (nSPS) is 11.3. The Hall–Kier alpha value is -2.15. The third-order valence-electron chi connectivity index (χ3n) is 2.22. The van der Waals surface area contributed by atoms with E-state index in [4.69, 9.17) is 16.9 Å². The SMILES string of the molecule is C#CC(CC)NC(=O)COc1ccccc1N. The van der Waals surface area contributed by atoms with Gasteiger partial charge in [-0.1, -0.05) is 25.0 Å². The molecule has 0 saturated heterocycles. The molecule has 0 saturated carbocycles. The second-order valence-electron chi connectivity index (χ2n) is 3.52.